The molecule has 0 amide bonds. The molecule has 3 aromatic heterocycles. The van der Waals surface area contributed by atoms with Crippen LogP contribution in [0, 0.1) is 6.92 Å². The summed E-state index contributed by atoms with van der Waals surface area (Å²) in [6, 6.07) is 23.8. The summed E-state index contributed by atoms with van der Waals surface area (Å²) in [5.74, 6) is 4.08. The van der Waals surface area contributed by atoms with Gasteiger partial charge in [-0.25, -0.2) is 28.4 Å². The van der Waals surface area contributed by atoms with E-state index >= 15 is 0 Å². The summed E-state index contributed by atoms with van der Waals surface area (Å²) in [7, 11) is 1.68. The lowest BCUT2D eigenvalue weighted by Crippen LogP contribution is -2.47. The van der Waals surface area contributed by atoms with Gasteiger partial charge < -0.3 is 24.4 Å². The second-order valence-corrected chi connectivity index (χ2v) is 14.6. The molecule has 0 atom stereocenters. The highest BCUT2D eigenvalue weighted by molar-refractivity contribution is 7.88. The number of anilines is 3. The van der Waals surface area contributed by atoms with Crippen molar-refractivity contribution in [2.75, 3.05) is 64.0 Å². The lowest BCUT2D eigenvalue weighted by molar-refractivity contribution is 0.182. The highest BCUT2D eigenvalue weighted by atomic mass is 32.2. The Morgan fingerprint density at radius 2 is 1.38 bits per heavy atom. The summed E-state index contributed by atoms with van der Waals surface area (Å²) in [5, 5.41) is 3.43. The molecule has 13 nitrogen and oxygen atoms in total. The highest BCUT2D eigenvalue weighted by Crippen LogP contribution is 2.32. The van der Waals surface area contributed by atoms with Crippen LogP contribution in [0.25, 0.3) is 11.3 Å². The fraction of sp³-hybridized carbons (Fsp3) is 0.316. The van der Waals surface area contributed by atoms with Crippen LogP contribution in [0.2, 0.25) is 0 Å². The lowest BCUT2D eigenvalue weighted by atomic mass is 10.1. The SMILES string of the molecule is COc1ccc(CN(Cc2ccc(OC)cc2)c2cc(-c3cc(CN4CCN(S(C)(=O)=O)CC4)cnc3Nc3ccc(OC)nc3)nc(C)n2)cc1. The van der Waals surface area contributed by atoms with E-state index in [1.807, 2.05) is 49.5 Å². The standard InChI is InChI=1S/C38H44N8O5S/c1-27-41-35(21-36(42-27)45(25-28-6-11-32(49-2)12-7-28)26-29-8-13-33(50-3)14-9-29)34-20-30(24-44-16-18-46(19-17-44)52(5,47)48)22-40-38(34)43-31-10-15-37(51-4)39-23-31/h6-15,20-23H,16-19,24-26H2,1-5H3,(H,40,43). The van der Waals surface area contributed by atoms with Crippen LogP contribution in [0.15, 0.2) is 85.2 Å². The molecule has 0 saturated carbocycles. The Balaban J connectivity index is 1.36. The van der Waals surface area contributed by atoms with Crippen LogP contribution in [0.5, 0.6) is 17.4 Å². The van der Waals surface area contributed by atoms with E-state index in [2.05, 4.69) is 50.4 Å². The van der Waals surface area contributed by atoms with E-state index in [4.69, 9.17) is 29.2 Å². The van der Waals surface area contributed by atoms with Crippen LogP contribution in [-0.4, -0.2) is 91.3 Å². The molecule has 0 spiro atoms. The Hall–Kier alpha value is -5.31. The number of nitrogens with one attached hydrogen (secondary N) is 1. The smallest absolute Gasteiger partial charge is 0.213 e. The Bertz CT molecular complexity index is 2010. The van der Waals surface area contributed by atoms with Gasteiger partial charge in [0.15, 0.2) is 0 Å². The quantitative estimate of drug-likeness (QED) is 0.159. The minimum absolute atomic E-state index is 0.454. The molecule has 0 unspecified atom stereocenters. The number of sulfonamides is 1. The second-order valence-electron chi connectivity index (χ2n) is 12.6. The number of aromatic nitrogens is 4. The summed E-state index contributed by atoms with van der Waals surface area (Å²) >= 11 is 0. The van der Waals surface area contributed by atoms with Crippen LogP contribution in [0.3, 0.4) is 0 Å². The van der Waals surface area contributed by atoms with Gasteiger partial charge in [-0.1, -0.05) is 24.3 Å². The number of rotatable bonds is 14. The Morgan fingerprint density at radius 3 is 1.92 bits per heavy atom. The molecule has 52 heavy (non-hydrogen) atoms. The van der Waals surface area contributed by atoms with Crippen molar-refractivity contribution in [1.82, 2.24) is 29.1 Å². The molecule has 1 aliphatic heterocycles. The van der Waals surface area contributed by atoms with Gasteiger partial charge in [-0.05, 0) is 60.0 Å². The first-order chi connectivity index (χ1) is 25.1. The van der Waals surface area contributed by atoms with Crippen LogP contribution in [-0.2, 0) is 29.7 Å². The maximum absolute atomic E-state index is 12.1. The molecule has 4 heterocycles. The summed E-state index contributed by atoms with van der Waals surface area (Å²) < 4.78 is 41.8. The molecule has 5 aromatic rings. The van der Waals surface area contributed by atoms with Crippen molar-refractivity contribution < 1.29 is 22.6 Å². The largest absolute Gasteiger partial charge is 0.497 e. The van der Waals surface area contributed by atoms with Gasteiger partial charge in [0, 0.05) is 69.7 Å². The third-order valence-corrected chi connectivity index (χ3v) is 10.2. The average molecular weight is 725 g/mol. The molecule has 2 aromatic carbocycles. The first kappa shape index (κ1) is 36.5. The van der Waals surface area contributed by atoms with Gasteiger partial charge in [-0.15, -0.1) is 0 Å². The molecule has 1 saturated heterocycles. The number of pyridine rings is 2. The number of ether oxygens (including phenoxy) is 3. The van der Waals surface area contributed by atoms with Gasteiger partial charge in [0.25, 0.3) is 0 Å². The number of hydrogen-bond acceptors (Lipinski definition) is 12. The summed E-state index contributed by atoms with van der Waals surface area (Å²) in [4.78, 5) is 23.6. The maximum atomic E-state index is 12.1. The minimum atomic E-state index is -3.22. The van der Waals surface area contributed by atoms with E-state index < -0.39 is 10.0 Å². The number of hydrogen-bond donors (Lipinski definition) is 1. The van der Waals surface area contributed by atoms with Crippen LogP contribution in [0.4, 0.5) is 17.3 Å². The van der Waals surface area contributed by atoms with Crippen molar-refractivity contribution in [3.63, 3.8) is 0 Å². The molecule has 0 bridgehead atoms. The first-order valence-electron chi connectivity index (χ1n) is 16.9. The van der Waals surface area contributed by atoms with E-state index in [-0.39, 0.29) is 0 Å². The number of nitrogens with zero attached hydrogens (tertiary/aromatic N) is 7. The van der Waals surface area contributed by atoms with Crippen molar-refractivity contribution in [2.24, 2.45) is 0 Å². The van der Waals surface area contributed by atoms with Crippen molar-refractivity contribution in [3.8, 4) is 28.6 Å². The van der Waals surface area contributed by atoms with Crippen molar-refractivity contribution >= 4 is 27.3 Å². The van der Waals surface area contributed by atoms with Gasteiger partial charge in [-0.2, -0.15) is 4.31 Å². The third kappa shape index (κ3) is 9.32. The fourth-order valence-corrected chi connectivity index (χ4v) is 6.88. The zero-order valence-electron chi connectivity index (χ0n) is 30.1. The molecule has 6 rings (SSSR count). The molecule has 1 fully saturated rings. The monoisotopic (exact) mass is 724 g/mol. The van der Waals surface area contributed by atoms with Gasteiger partial charge in [-0.3, -0.25) is 4.90 Å². The molecule has 14 heteroatoms. The van der Waals surface area contributed by atoms with Gasteiger partial charge in [0.2, 0.25) is 15.9 Å². The van der Waals surface area contributed by atoms with Gasteiger partial charge in [0.05, 0.1) is 45.2 Å². The van der Waals surface area contributed by atoms with Crippen LogP contribution in [0.1, 0.15) is 22.5 Å². The first-order valence-corrected chi connectivity index (χ1v) is 18.8. The van der Waals surface area contributed by atoms with Crippen LogP contribution >= 0.6 is 0 Å². The molecule has 0 aliphatic carbocycles. The second kappa shape index (κ2) is 16.4. The maximum Gasteiger partial charge on any atom is 0.213 e. The molecule has 0 radical (unpaired) electrons. The summed E-state index contributed by atoms with van der Waals surface area (Å²) in [6.45, 7) is 5.85. The zero-order chi connectivity index (χ0) is 36.7. The van der Waals surface area contributed by atoms with E-state index in [0.29, 0.717) is 69.0 Å². The van der Waals surface area contributed by atoms with E-state index in [1.165, 1.54) is 10.6 Å². The van der Waals surface area contributed by atoms with Gasteiger partial charge >= 0.3 is 0 Å². The average Bonchev–Trinajstić information content (AvgIpc) is 3.15. The summed E-state index contributed by atoms with van der Waals surface area (Å²) in [6.07, 6.45) is 4.80. The van der Waals surface area contributed by atoms with Crippen molar-refractivity contribution in [1.29, 1.82) is 0 Å². The normalized spacial score (nSPS) is 13.8. The Morgan fingerprint density at radius 1 is 0.750 bits per heavy atom. The molecular weight excluding hydrogens is 681 g/mol. The number of aryl methyl sites for hydroxylation is 1. The van der Waals surface area contributed by atoms with Gasteiger partial charge in [0.1, 0.15) is 29.0 Å². The van der Waals surface area contributed by atoms with E-state index in [0.717, 1.165) is 45.3 Å². The predicted octanol–water partition coefficient (Wildman–Crippen LogP) is 5.30. The van der Waals surface area contributed by atoms with Crippen molar-refractivity contribution in [2.45, 2.75) is 26.6 Å². The lowest BCUT2D eigenvalue weighted by Gasteiger charge is -2.33. The zero-order valence-corrected chi connectivity index (χ0v) is 30.9. The predicted molar refractivity (Wildman–Crippen MR) is 202 cm³/mol. The molecular formula is C38H44N8O5S. The van der Waals surface area contributed by atoms with Crippen LogP contribution < -0.4 is 24.4 Å². The van der Waals surface area contributed by atoms with Crippen molar-refractivity contribution in [3.05, 3.63) is 108 Å². The topological polar surface area (TPSA) is 135 Å². The highest BCUT2D eigenvalue weighted by Gasteiger charge is 2.24. The molecule has 1 aliphatic rings. The number of methoxy groups -OCH3 is 3. The minimum Gasteiger partial charge on any atom is -0.497 e. The Kier molecular flexibility index (Phi) is 11.5. The number of benzene rings is 2. The summed E-state index contributed by atoms with van der Waals surface area (Å²) in [5.41, 5.74) is 5.42. The number of piperazine rings is 1. The molecule has 1 N–H and O–H groups in total. The van der Waals surface area contributed by atoms with E-state index in [9.17, 15) is 8.42 Å². The molecule has 272 valence electrons. The Labute approximate surface area is 305 Å². The van der Waals surface area contributed by atoms with E-state index in [1.54, 1.807) is 33.6 Å². The fourth-order valence-electron chi connectivity index (χ4n) is 6.05. The third-order valence-electron chi connectivity index (χ3n) is 8.85.